The molecule has 0 saturated heterocycles. The van der Waals surface area contributed by atoms with Crippen LogP contribution in [-0.2, 0) is 20.7 Å². The highest BCUT2D eigenvalue weighted by Gasteiger charge is 2.32. The van der Waals surface area contributed by atoms with Crippen molar-refractivity contribution < 1.29 is 19.1 Å². The highest BCUT2D eigenvalue weighted by molar-refractivity contribution is 5.99. The number of benzene rings is 2. The average molecular weight is 465 g/mol. The van der Waals surface area contributed by atoms with Gasteiger partial charge in [-0.05, 0) is 56.9 Å². The number of nitrogens with one attached hydrogen (secondary N) is 2. The summed E-state index contributed by atoms with van der Waals surface area (Å²) in [6, 6.07) is 15.5. The largest absolute Gasteiger partial charge is 0.444 e. The van der Waals surface area contributed by atoms with Gasteiger partial charge >= 0.3 is 6.09 Å². The number of rotatable bonds is 8. The van der Waals surface area contributed by atoms with Crippen molar-refractivity contribution >= 4 is 23.6 Å². The molecule has 0 saturated carbocycles. The van der Waals surface area contributed by atoms with Gasteiger partial charge in [0.1, 0.15) is 24.7 Å². The first kappa shape index (κ1) is 26.4. The van der Waals surface area contributed by atoms with Crippen molar-refractivity contribution in [2.24, 2.45) is 0 Å². The van der Waals surface area contributed by atoms with E-state index in [0.29, 0.717) is 11.3 Å². The van der Waals surface area contributed by atoms with Gasteiger partial charge in [-0.3, -0.25) is 9.59 Å². The minimum absolute atomic E-state index is 0.337. The van der Waals surface area contributed by atoms with E-state index in [-0.39, 0.29) is 6.54 Å². The minimum atomic E-state index is -1.07. The van der Waals surface area contributed by atoms with Crippen molar-refractivity contribution in [3.8, 4) is 6.07 Å². The fraction of sp³-hybridized carbons (Fsp3) is 0.385. The molecule has 0 fully saturated rings. The van der Waals surface area contributed by atoms with Gasteiger partial charge in [0.2, 0.25) is 5.91 Å². The molecule has 8 heteroatoms. The van der Waals surface area contributed by atoms with Crippen LogP contribution in [0.25, 0.3) is 0 Å². The zero-order chi connectivity index (χ0) is 25.3. The number of anilines is 1. The van der Waals surface area contributed by atoms with Crippen molar-refractivity contribution in [1.82, 2.24) is 10.2 Å². The van der Waals surface area contributed by atoms with E-state index in [0.717, 1.165) is 22.4 Å². The van der Waals surface area contributed by atoms with Crippen molar-refractivity contribution in [2.75, 3.05) is 18.4 Å². The summed E-state index contributed by atoms with van der Waals surface area (Å²) < 4.78 is 5.17. The van der Waals surface area contributed by atoms with Gasteiger partial charge in [-0.1, -0.05) is 49.4 Å². The average Bonchev–Trinajstić information content (AvgIpc) is 2.78. The molecule has 0 aliphatic carbocycles. The number of nitrogens with zero attached hydrogens (tertiary/aromatic N) is 2. The maximum Gasteiger partial charge on any atom is 0.408 e. The summed E-state index contributed by atoms with van der Waals surface area (Å²) in [5.41, 5.74) is 2.38. The molecule has 8 nitrogen and oxygen atoms in total. The molecule has 2 N–H and O–H groups in total. The second-order valence-electron chi connectivity index (χ2n) is 8.84. The number of carbonyl (C=O) groups excluding carboxylic acids is 3. The van der Waals surface area contributed by atoms with Crippen LogP contribution in [0.15, 0.2) is 48.5 Å². The molecule has 1 atom stereocenters. The van der Waals surface area contributed by atoms with E-state index in [4.69, 9.17) is 4.74 Å². The summed E-state index contributed by atoms with van der Waals surface area (Å²) in [5, 5.41) is 14.7. The lowest BCUT2D eigenvalue weighted by Gasteiger charge is -2.30. The highest BCUT2D eigenvalue weighted by Crippen LogP contribution is 2.25. The van der Waals surface area contributed by atoms with Crippen molar-refractivity contribution in [3.63, 3.8) is 0 Å². The van der Waals surface area contributed by atoms with Crippen molar-refractivity contribution in [1.29, 1.82) is 5.26 Å². The number of hydrogen-bond acceptors (Lipinski definition) is 5. The Bertz CT molecular complexity index is 1050. The maximum atomic E-state index is 13.4. The number of ether oxygens (including phenoxy) is 1. The third-order valence-corrected chi connectivity index (χ3v) is 5.01. The lowest BCUT2D eigenvalue weighted by atomic mass is 10.0. The Balaban J connectivity index is 2.35. The third kappa shape index (κ3) is 7.62. The number of aryl methyl sites for hydroxylation is 2. The molecule has 1 unspecified atom stereocenters. The number of amides is 3. The van der Waals surface area contributed by atoms with Gasteiger partial charge in [-0.25, -0.2) is 4.79 Å². The molecular weight excluding hydrogens is 432 g/mol. The topological polar surface area (TPSA) is 112 Å². The molecule has 0 heterocycles. The molecule has 0 bridgehead atoms. The maximum absolute atomic E-state index is 13.4. The van der Waals surface area contributed by atoms with E-state index in [9.17, 15) is 19.6 Å². The standard InChI is InChI=1S/C26H32N4O4/c1-6-19-11-13-20(14-12-19)23(24(32)29-21-10-8-7-9-18(21)2)30(16-15-27)22(31)17-28-25(33)34-26(3,4)5/h7-14,23H,6,16-17H2,1-5H3,(H,28,33)(H,29,32). The molecule has 0 radical (unpaired) electrons. The van der Waals surface area contributed by atoms with E-state index in [1.54, 1.807) is 45.0 Å². The van der Waals surface area contributed by atoms with Crippen LogP contribution in [0.3, 0.4) is 0 Å². The van der Waals surface area contributed by atoms with Gasteiger partial charge in [-0.15, -0.1) is 0 Å². The molecule has 34 heavy (non-hydrogen) atoms. The first-order chi connectivity index (χ1) is 16.1. The molecule has 0 aromatic heterocycles. The van der Waals surface area contributed by atoms with E-state index in [1.165, 1.54) is 0 Å². The van der Waals surface area contributed by atoms with Crippen LogP contribution in [0.1, 0.15) is 50.4 Å². The van der Waals surface area contributed by atoms with Gasteiger partial charge in [0.15, 0.2) is 0 Å². The van der Waals surface area contributed by atoms with Crippen molar-refractivity contribution in [3.05, 3.63) is 65.2 Å². The first-order valence-corrected chi connectivity index (χ1v) is 11.1. The van der Waals surface area contributed by atoms with Crippen molar-refractivity contribution in [2.45, 2.75) is 52.7 Å². The molecule has 3 amide bonds. The Kier molecular flexibility index (Phi) is 9.19. The van der Waals surface area contributed by atoms with Crippen LogP contribution in [0, 0.1) is 18.3 Å². The van der Waals surface area contributed by atoms with Gasteiger partial charge < -0.3 is 20.3 Å². The summed E-state index contributed by atoms with van der Waals surface area (Å²) in [6.07, 6.45) is 0.0621. The lowest BCUT2D eigenvalue weighted by Crippen LogP contribution is -2.46. The predicted octanol–water partition coefficient (Wildman–Crippen LogP) is 4.11. The Morgan fingerprint density at radius 1 is 1.09 bits per heavy atom. The summed E-state index contributed by atoms with van der Waals surface area (Å²) in [6.45, 7) is 8.26. The summed E-state index contributed by atoms with van der Waals surface area (Å²) in [5.74, 6) is -1.05. The molecular formula is C26H32N4O4. The molecule has 0 spiro atoms. The highest BCUT2D eigenvalue weighted by atomic mass is 16.6. The van der Waals surface area contributed by atoms with E-state index >= 15 is 0 Å². The van der Waals surface area contributed by atoms with Crippen LogP contribution in [0.2, 0.25) is 0 Å². The predicted molar refractivity (Wildman–Crippen MR) is 130 cm³/mol. The molecule has 2 rings (SSSR count). The van der Waals surface area contributed by atoms with Crippen LogP contribution >= 0.6 is 0 Å². The Morgan fingerprint density at radius 3 is 2.29 bits per heavy atom. The fourth-order valence-corrected chi connectivity index (χ4v) is 3.29. The van der Waals surface area contributed by atoms with Gasteiger partial charge in [0.05, 0.1) is 6.07 Å². The molecule has 0 aliphatic rings. The summed E-state index contributed by atoms with van der Waals surface area (Å²) in [4.78, 5) is 39.7. The number of hydrogen-bond donors (Lipinski definition) is 2. The third-order valence-electron chi connectivity index (χ3n) is 5.01. The van der Waals surface area contributed by atoms with E-state index < -0.39 is 36.1 Å². The van der Waals surface area contributed by atoms with Gasteiger partial charge in [0.25, 0.3) is 5.91 Å². The monoisotopic (exact) mass is 464 g/mol. The van der Waals surface area contributed by atoms with Crippen LogP contribution < -0.4 is 10.6 Å². The number of carbonyl (C=O) groups is 3. The second-order valence-corrected chi connectivity index (χ2v) is 8.84. The quantitative estimate of drug-likeness (QED) is 0.571. The molecule has 180 valence electrons. The Hall–Kier alpha value is -3.86. The smallest absolute Gasteiger partial charge is 0.408 e. The SMILES string of the molecule is CCc1ccc(C(C(=O)Nc2ccccc2C)N(CC#N)C(=O)CNC(=O)OC(C)(C)C)cc1. The normalized spacial score (nSPS) is 11.6. The number of para-hydroxylation sites is 1. The van der Waals surface area contributed by atoms with E-state index in [2.05, 4.69) is 10.6 Å². The zero-order valence-corrected chi connectivity index (χ0v) is 20.3. The zero-order valence-electron chi connectivity index (χ0n) is 20.3. The lowest BCUT2D eigenvalue weighted by molar-refractivity contribution is -0.137. The molecule has 0 aliphatic heterocycles. The van der Waals surface area contributed by atoms with Crippen LogP contribution in [-0.4, -0.2) is 41.5 Å². The Labute approximate surface area is 200 Å². The Morgan fingerprint density at radius 2 is 1.74 bits per heavy atom. The van der Waals surface area contributed by atoms with Gasteiger partial charge in [0, 0.05) is 5.69 Å². The number of alkyl carbamates (subject to hydrolysis) is 1. The summed E-state index contributed by atoms with van der Waals surface area (Å²) >= 11 is 0. The van der Waals surface area contributed by atoms with Crippen LogP contribution in [0.4, 0.5) is 10.5 Å². The number of nitriles is 1. The molecule has 2 aromatic carbocycles. The molecule has 2 aromatic rings. The van der Waals surface area contributed by atoms with E-state index in [1.807, 2.05) is 44.2 Å². The fourth-order valence-electron chi connectivity index (χ4n) is 3.29. The first-order valence-electron chi connectivity index (χ1n) is 11.1. The van der Waals surface area contributed by atoms with Gasteiger partial charge in [-0.2, -0.15) is 5.26 Å². The summed E-state index contributed by atoms with van der Waals surface area (Å²) in [7, 11) is 0. The second kappa shape index (κ2) is 11.8. The minimum Gasteiger partial charge on any atom is -0.444 e. The van der Waals surface area contributed by atoms with Crippen LogP contribution in [0.5, 0.6) is 0 Å².